The molecule has 28 heavy (non-hydrogen) atoms. The highest BCUT2D eigenvalue weighted by atomic mass is 16.5. The molecule has 3 N–H and O–H groups in total. The zero-order valence-electron chi connectivity index (χ0n) is 15.6. The minimum absolute atomic E-state index is 0.0486. The molecule has 1 aromatic rings. The first-order valence-corrected chi connectivity index (χ1v) is 9.06. The minimum Gasteiger partial charge on any atom is -0.497 e. The Bertz CT molecular complexity index is 800. The second kappa shape index (κ2) is 8.20. The molecular formula is C19H23N3O6. The van der Waals surface area contributed by atoms with Gasteiger partial charge in [-0.3, -0.25) is 9.59 Å². The van der Waals surface area contributed by atoms with Gasteiger partial charge in [-0.2, -0.15) is 0 Å². The lowest BCUT2D eigenvalue weighted by molar-refractivity contribution is -0.137. The number of benzene rings is 1. The Morgan fingerprint density at radius 2 is 1.93 bits per heavy atom. The first kappa shape index (κ1) is 19.5. The Kier molecular flexibility index (Phi) is 5.72. The van der Waals surface area contributed by atoms with Crippen molar-refractivity contribution in [2.75, 3.05) is 31.6 Å². The molecule has 9 nitrogen and oxygen atoms in total. The van der Waals surface area contributed by atoms with Crippen LogP contribution in [-0.2, 0) is 9.59 Å². The third kappa shape index (κ3) is 4.36. The number of aliphatic hydroxyl groups excluding tert-OH is 1. The van der Waals surface area contributed by atoms with Crippen LogP contribution in [0.5, 0.6) is 5.75 Å². The van der Waals surface area contributed by atoms with Crippen molar-refractivity contribution in [2.24, 2.45) is 5.92 Å². The maximum atomic E-state index is 13.0. The summed E-state index contributed by atoms with van der Waals surface area (Å²) in [6, 6.07) is 6.05. The van der Waals surface area contributed by atoms with Gasteiger partial charge in [-0.05, 0) is 36.6 Å². The number of carbonyl (C=O) groups excluding carboxylic acids is 2. The van der Waals surface area contributed by atoms with E-state index in [1.54, 1.807) is 24.3 Å². The molecule has 1 fully saturated rings. The lowest BCUT2D eigenvalue weighted by Gasteiger charge is -2.35. The maximum Gasteiger partial charge on any atom is 0.331 e. The Morgan fingerprint density at radius 3 is 2.50 bits per heavy atom. The average Bonchev–Trinajstić information content (AvgIpc) is 3.50. The molecule has 9 heteroatoms. The van der Waals surface area contributed by atoms with Gasteiger partial charge in [-0.1, -0.05) is 12.8 Å². The van der Waals surface area contributed by atoms with E-state index in [0.717, 1.165) is 24.2 Å². The number of aliphatic carboxylic acids is 1. The van der Waals surface area contributed by atoms with E-state index in [1.165, 1.54) is 12.0 Å². The lowest BCUT2D eigenvalue weighted by Crippen LogP contribution is -2.51. The number of amides is 3. The van der Waals surface area contributed by atoms with Crippen molar-refractivity contribution in [3.63, 3.8) is 0 Å². The number of carboxylic acids is 1. The molecule has 0 aromatic heterocycles. The van der Waals surface area contributed by atoms with Crippen molar-refractivity contribution in [1.82, 2.24) is 10.2 Å². The largest absolute Gasteiger partial charge is 0.497 e. The SMILES string of the molecule is COc1ccc(N2C(=O)N(CCC3CC3)CC(C(=O)NCC(=O)O)=C2O)cc1. The van der Waals surface area contributed by atoms with E-state index >= 15 is 0 Å². The van der Waals surface area contributed by atoms with E-state index in [1.807, 2.05) is 0 Å². The van der Waals surface area contributed by atoms with Crippen LogP contribution in [0.25, 0.3) is 0 Å². The third-order valence-electron chi connectivity index (χ3n) is 4.80. The van der Waals surface area contributed by atoms with Gasteiger partial charge in [-0.25, -0.2) is 9.69 Å². The summed E-state index contributed by atoms with van der Waals surface area (Å²) >= 11 is 0. The van der Waals surface area contributed by atoms with Crippen molar-refractivity contribution in [3.8, 4) is 5.75 Å². The summed E-state index contributed by atoms with van der Waals surface area (Å²) in [4.78, 5) is 38.7. The molecule has 1 saturated carbocycles. The van der Waals surface area contributed by atoms with Crippen LogP contribution in [0.4, 0.5) is 10.5 Å². The summed E-state index contributed by atoms with van der Waals surface area (Å²) in [5, 5.41) is 21.7. The van der Waals surface area contributed by atoms with E-state index in [0.29, 0.717) is 23.9 Å². The zero-order valence-corrected chi connectivity index (χ0v) is 15.6. The number of methoxy groups -OCH3 is 1. The number of hydrogen-bond donors (Lipinski definition) is 3. The Balaban J connectivity index is 1.89. The number of carbonyl (C=O) groups is 3. The summed E-state index contributed by atoms with van der Waals surface area (Å²) in [7, 11) is 1.52. The van der Waals surface area contributed by atoms with Crippen LogP contribution in [-0.4, -0.2) is 59.8 Å². The number of anilines is 1. The van der Waals surface area contributed by atoms with Crippen LogP contribution >= 0.6 is 0 Å². The standard InChI is InChI=1S/C19H23N3O6/c1-28-14-6-4-13(5-7-14)22-18(26)15(17(25)20-10-16(23)24)11-21(19(22)27)9-8-12-2-3-12/h4-7,12,26H,2-3,8-11H2,1H3,(H,20,25)(H,23,24). The quantitative estimate of drug-likeness (QED) is 0.623. The molecule has 0 bridgehead atoms. The molecule has 0 spiro atoms. The molecule has 3 amide bonds. The molecule has 0 radical (unpaired) electrons. The molecule has 3 rings (SSSR count). The first-order chi connectivity index (χ1) is 13.4. The smallest absolute Gasteiger partial charge is 0.331 e. The first-order valence-electron chi connectivity index (χ1n) is 9.06. The zero-order chi connectivity index (χ0) is 20.3. The van der Waals surface area contributed by atoms with E-state index in [4.69, 9.17) is 9.84 Å². The normalized spacial score (nSPS) is 17.0. The Labute approximate surface area is 162 Å². The van der Waals surface area contributed by atoms with Crippen molar-refractivity contribution in [3.05, 3.63) is 35.7 Å². The lowest BCUT2D eigenvalue weighted by atomic mass is 10.1. The van der Waals surface area contributed by atoms with Gasteiger partial charge in [0, 0.05) is 6.54 Å². The van der Waals surface area contributed by atoms with Crippen molar-refractivity contribution in [2.45, 2.75) is 19.3 Å². The monoisotopic (exact) mass is 389 g/mol. The summed E-state index contributed by atoms with van der Waals surface area (Å²) in [6.45, 7) is -0.192. The van der Waals surface area contributed by atoms with Gasteiger partial charge in [0.1, 0.15) is 12.3 Å². The van der Waals surface area contributed by atoms with Gasteiger partial charge in [0.05, 0.1) is 24.9 Å². The highest BCUT2D eigenvalue weighted by Crippen LogP contribution is 2.34. The van der Waals surface area contributed by atoms with Gasteiger partial charge >= 0.3 is 12.0 Å². The maximum absolute atomic E-state index is 13.0. The van der Waals surface area contributed by atoms with Gasteiger partial charge in [0.2, 0.25) is 5.88 Å². The molecule has 0 unspecified atom stereocenters. The van der Waals surface area contributed by atoms with Crippen LogP contribution in [0.15, 0.2) is 35.7 Å². The van der Waals surface area contributed by atoms with Crippen molar-refractivity contribution < 1.29 is 29.3 Å². The van der Waals surface area contributed by atoms with Crippen LogP contribution < -0.4 is 15.0 Å². The molecule has 2 aliphatic rings. The average molecular weight is 389 g/mol. The van der Waals surface area contributed by atoms with Gasteiger partial charge in [0.15, 0.2) is 0 Å². The fourth-order valence-electron chi connectivity index (χ4n) is 3.02. The van der Waals surface area contributed by atoms with Crippen LogP contribution in [0.1, 0.15) is 19.3 Å². The van der Waals surface area contributed by atoms with Crippen molar-refractivity contribution >= 4 is 23.6 Å². The number of rotatable bonds is 8. The molecule has 0 atom stereocenters. The highest BCUT2D eigenvalue weighted by molar-refractivity contribution is 6.03. The predicted octanol–water partition coefficient (Wildman–Crippen LogP) is 1.71. The molecular weight excluding hydrogens is 366 g/mol. The number of aliphatic hydroxyl groups is 1. The number of urea groups is 1. The topological polar surface area (TPSA) is 119 Å². The van der Waals surface area contributed by atoms with Gasteiger partial charge in [0.25, 0.3) is 5.91 Å². The van der Waals surface area contributed by atoms with Gasteiger partial charge in [-0.15, -0.1) is 0 Å². The number of nitrogens with zero attached hydrogens (tertiary/aromatic N) is 2. The van der Waals surface area contributed by atoms with E-state index in [9.17, 15) is 19.5 Å². The van der Waals surface area contributed by atoms with Crippen molar-refractivity contribution in [1.29, 1.82) is 0 Å². The summed E-state index contributed by atoms with van der Waals surface area (Å²) in [5.74, 6) is -1.24. The predicted molar refractivity (Wildman–Crippen MR) is 100 cm³/mol. The molecule has 1 aliphatic heterocycles. The fraction of sp³-hybridized carbons (Fsp3) is 0.421. The van der Waals surface area contributed by atoms with E-state index in [2.05, 4.69) is 5.32 Å². The Hall–Kier alpha value is -3.23. The molecule has 150 valence electrons. The Morgan fingerprint density at radius 1 is 1.25 bits per heavy atom. The van der Waals surface area contributed by atoms with Gasteiger partial charge < -0.3 is 25.2 Å². The summed E-state index contributed by atoms with van der Waals surface area (Å²) in [6.07, 6.45) is 3.10. The van der Waals surface area contributed by atoms with E-state index < -0.39 is 30.3 Å². The fourth-order valence-corrected chi connectivity index (χ4v) is 3.02. The molecule has 1 aliphatic carbocycles. The number of hydrogen-bond acceptors (Lipinski definition) is 5. The second-order valence-electron chi connectivity index (χ2n) is 6.85. The summed E-state index contributed by atoms with van der Waals surface area (Å²) < 4.78 is 5.11. The molecule has 0 saturated heterocycles. The number of carboxylic acid groups (broad SMARTS) is 1. The van der Waals surface area contributed by atoms with Crippen LogP contribution in [0.3, 0.4) is 0 Å². The molecule has 1 aromatic carbocycles. The second-order valence-corrected chi connectivity index (χ2v) is 6.85. The number of nitrogens with one attached hydrogen (secondary N) is 1. The third-order valence-corrected chi connectivity index (χ3v) is 4.80. The van der Waals surface area contributed by atoms with Crippen LogP contribution in [0, 0.1) is 5.92 Å². The minimum atomic E-state index is -1.20. The van der Waals surface area contributed by atoms with Crippen LogP contribution in [0.2, 0.25) is 0 Å². The molecule has 1 heterocycles. The highest BCUT2D eigenvalue weighted by Gasteiger charge is 2.37. The number of ether oxygens (including phenoxy) is 1. The van der Waals surface area contributed by atoms with E-state index in [-0.39, 0.29) is 12.1 Å². The summed E-state index contributed by atoms with van der Waals surface area (Å²) in [5.41, 5.74) is 0.329.